The van der Waals surface area contributed by atoms with Crippen LogP contribution in [0.3, 0.4) is 0 Å². The van der Waals surface area contributed by atoms with Gasteiger partial charge in [0.1, 0.15) is 0 Å². The Morgan fingerprint density at radius 1 is 0.559 bits per heavy atom. The smallest absolute Gasteiger partial charge is 0.261 e. The Labute approximate surface area is 211 Å². The number of ether oxygens (including phenoxy) is 1. The van der Waals surface area contributed by atoms with E-state index in [1.54, 1.807) is 0 Å². The Morgan fingerprint density at radius 2 is 1.00 bits per heavy atom. The summed E-state index contributed by atoms with van der Waals surface area (Å²) in [4.78, 5) is 0. The summed E-state index contributed by atoms with van der Waals surface area (Å²) in [6, 6.07) is 21.7. The molecule has 0 atom stereocenters. The van der Waals surface area contributed by atoms with Gasteiger partial charge in [-0.25, -0.2) is 0 Å². The molecule has 190 valence electrons. The van der Waals surface area contributed by atoms with Crippen LogP contribution in [0.2, 0.25) is 5.04 Å². The van der Waals surface area contributed by atoms with Crippen LogP contribution in [-0.4, -0.2) is 28.1 Å². The van der Waals surface area contributed by atoms with E-state index in [1.165, 1.54) is 74.6 Å². The van der Waals surface area contributed by atoms with Gasteiger partial charge >= 0.3 is 0 Å². The van der Waals surface area contributed by atoms with E-state index in [4.69, 9.17) is 9.16 Å². The molecule has 2 aromatic carbocycles. The zero-order valence-corrected chi connectivity index (χ0v) is 23.5. The zero-order valence-electron chi connectivity index (χ0n) is 22.5. The van der Waals surface area contributed by atoms with Crippen molar-refractivity contribution in [3.63, 3.8) is 0 Å². The van der Waals surface area contributed by atoms with Gasteiger partial charge in [-0.05, 0) is 21.8 Å². The van der Waals surface area contributed by atoms with Gasteiger partial charge in [0.2, 0.25) is 0 Å². The molecule has 0 bridgehead atoms. The van der Waals surface area contributed by atoms with Crippen molar-refractivity contribution in [3.05, 3.63) is 60.7 Å². The van der Waals surface area contributed by atoms with Crippen LogP contribution in [0.25, 0.3) is 0 Å². The van der Waals surface area contributed by atoms with Gasteiger partial charge in [-0.2, -0.15) is 0 Å². The Kier molecular flexibility index (Phi) is 13.8. The number of hydrogen-bond acceptors (Lipinski definition) is 2. The van der Waals surface area contributed by atoms with Crippen LogP contribution in [-0.2, 0) is 9.16 Å². The summed E-state index contributed by atoms with van der Waals surface area (Å²) >= 11 is 0. The summed E-state index contributed by atoms with van der Waals surface area (Å²) in [5.41, 5.74) is 0. The second-order valence-corrected chi connectivity index (χ2v) is 15.0. The van der Waals surface area contributed by atoms with E-state index in [1.807, 2.05) is 0 Å². The molecule has 2 aromatic rings. The molecule has 0 aliphatic heterocycles. The van der Waals surface area contributed by atoms with E-state index in [-0.39, 0.29) is 5.04 Å². The highest BCUT2D eigenvalue weighted by Crippen LogP contribution is 2.36. The summed E-state index contributed by atoms with van der Waals surface area (Å²) in [6.45, 7) is 11.4. The quantitative estimate of drug-likeness (QED) is 0.159. The van der Waals surface area contributed by atoms with E-state index < -0.39 is 8.32 Å². The third-order valence-corrected chi connectivity index (χ3v) is 11.9. The number of benzene rings is 2. The van der Waals surface area contributed by atoms with Crippen molar-refractivity contribution in [1.29, 1.82) is 0 Å². The summed E-state index contributed by atoms with van der Waals surface area (Å²) < 4.78 is 12.9. The van der Waals surface area contributed by atoms with Gasteiger partial charge in [-0.15, -0.1) is 0 Å². The third-order valence-electron chi connectivity index (χ3n) is 6.86. The summed E-state index contributed by atoms with van der Waals surface area (Å²) in [6.07, 6.45) is 15.0. The van der Waals surface area contributed by atoms with Gasteiger partial charge in [0.05, 0.1) is 13.2 Å². The fourth-order valence-corrected chi connectivity index (χ4v) is 9.53. The highest BCUT2D eigenvalue weighted by atomic mass is 28.4. The Bertz CT molecular complexity index is 700. The monoisotopic (exact) mass is 482 g/mol. The molecular formula is C31H50O2Si. The van der Waals surface area contributed by atoms with Crippen LogP contribution in [0.15, 0.2) is 60.7 Å². The van der Waals surface area contributed by atoms with Crippen molar-refractivity contribution < 1.29 is 9.16 Å². The maximum Gasteiger partial charge on any atom is 0.261 e. The fourth-order valence-electron chi connectivity index (χ4n) is 4.99. The minimum Gasteiger partial charge on any atom is -0.405 e. The maximum atomic E-state index is 6.89. The van der Waals surface area contributed by atoms with Crippen LogP contribution in [0.5, 0.6) is 0 Å². The first kappa shape index (κ1) is 28.8. The first-order valence-corrected chi connectivity index (χ1v) is 15.8. The van der Waals surface area contributed by atoms with Gasteiger partial charge in [-0.3, -0.25) is 0 Å². The zero-order chi connectivity index (χ0) is 24.5. The number of unbranched alkanes of at least 4 members (excludes halogenated alkanes) is 10. The van der Waals surface area contributed by atoms with Gasteiger partial charge in [0, 0.05) is 6.61 Å². The maximum absolute atomic E-state index is 6.89. The van der Waals surface area contributed by atoms with Crippen LogP contribution in [0, 0.1) is 0 Å². The van der Waals surface area contributed by atoms with Crippen LogP contribution < -0.4 is 10.4 Å². The van der Waals surface area contributed by atoms with Crippen molar-refractivity contribution in [2.45, 2.75) is 103 Å². The second-order valence-electron chi connectivity index (χ2n) is 10.7. The summed E-state index contributed by atoms with van der Waals surface area (Å²) in [5, 5.41) is 2.68. The Morgan fingerprint density at radius 3 is 1.44 bits per heavy atom. The van der Waals surface area contributed by atoms with E-state index in [2.05, 4.69) is 88.4 Å². The van der Waals surface area contributed by atoms with Crippen molar-refractivity contribution >= 4 is 18.7 Å². The average Bonchev–Trinajstić information content (AvgIpc) is 2.84. The largest absolute Gasteiger partial charge is 0.405 e. The van der Waals surface area contributed by atoms with Gasteiger partial charge in [0.15, 0.2) is 0 Å². The topological polar surface area (TPSA) is 18.5 Å². The van der Waals surface area contributed by atoms with Crippen molar-refractivity contribution in [2.75, 3.05) is 19.8 Å². The molecule has 34 heavy (non-hydrogen) atoms. The molecule has 0 saturated carbocycles. The first-order valence-electron chi connectivity index (χ1n) is 13.8. The van der Waals surface area contributed by atoms with Crippen LogP contribution >= 0.6 is 0 Å². The van der Waals surface area contributed by atoms with Gasteiger partial charge < -0.3 is 9.16 Å². The molecule has 0 heterocycles. The summed E-state index contributed by atoms with van der Waals surface area (Å²) in [5.74, 6) is 0. The van der Waals surface area contributed by atoms with E-state index >= 15 is 0 Å². The molecular weight excluding hydrogens is 432 g/mol. The SMILES string of the molecule is CCCCCCCCCCCCCOCCO[Si](c1ccccc1)(c1ccccc1)C(C)(C)C. The normalized spacial score (nSPS) is 12.2. The molecule has 0 N–H and O–H groups in total. The molecule has 2 rings (SSSR count). The number of hydrogen-bond donors (Lipinski definition) is 0. The highest BCUT2D eigenvalue weighted by molar-refractivity contribution is 6.99. The minimum atomic E-state index is -2.43. The molecule has 0 aliphatic carbocycles. The van der Waals surface area contributed by atoms with Gasteiger partial charge in [-0.1, -0.05) is 153 Å². The molecule has 0 aromatic heterocycles. The van der Waals surface area contributed by atoms with E-state index in [9.17, 15) is 0 Å². The predicted molar refractivity (Wildman–Crippen MR) is 151 cm³/mol. The molecule has 0 aliphatic rings. The lowest BCUT2D eigenvalue weighted by atomic mass is 10.1. The second kappa shape index (κ2) is 16.3. The van der Waals surface area contributed by atoms with Crippen LogP contribution in [0.4, 0.5) is 0 Å². The lowest BCUT2D eigenvalue weighted by Crippen LogP contribution is -2.66. The molecule has 0 spiro atoms. The van der Waals surface area contributed by atoms with E-state index in [0.717, 1.165) is 13.0 Å². The minimum absolute atomic E-state index is 0.0196. The predicted octanol–water partition coefficient (Wildman–Crippen LogP) is 7.89. The molecule has 0 saturated heterocycles. The lowest BCUT2D eigenvalue weighted by molar-refractivity contribution is 0.0939. The first-order chi connectivity index (χ1) is 16.5. The van der Waals surface area contributed by atoms with Crippen molar-refractivity contribution in [1.82, 2.24) is 0 Å². The highest BCUT2D eigenvalue weighted by Gasteiger charge is 2.49. The Hall–Kier alpha value is -1.42. The average molecular weight is 483 g/mol. The van der Waals surface area contributed by atoms with Crippen LogP contribution in [0.1, 0.15) is 98.3 Å². The van der Waals surface area contributed by atoms with Crippen molar-refractivity contribution in [2.24, 2.45) is 0 Å². The third kappa shape index (κ3) is 9.32. The molecule has 0 amide bonds. The van der Waals surface area contributed by atoms with Crippen molar-refractivity contribution in [3.8, 4) is 0 Å². The Balaban J connectivity index is 1.73. The lowest BCUT2D eigenvalue weighted by Gasteiger charge is -2.43. The summed E-state index contributed by atoms with van der Waals surface area (Å²) in [7, 11) is -2.43. The molecule has 0 radical (unpaired) electrons. The number of rotatable bonds is 18. The molecule has 2 nitrogen and oxygen atoms in total. The standard InChI is InChI=1S/C31H50O2Si/c1-5-6-7-8-9-10-11-12-13-14-21-26-32-27-28-33-34(31(2,3)4,29-22-17-15-18-23-29)30-24-19-16-20-25-30/h15-20,22-25H,5-14,21,26-28H2,1-4H3. The molecule has 0 fully saturated rings. The fraction of sp³-hybridized carbons (Fsp3) is 0.613. The van der Waals surface area contributed by atoms with E-state index in [0.29, 0.717) is 13.2 Å². The molecule has 0 unspecified atom stereocenters. The van der Waals surface area contributed by atoms with Gasteiger partial charge in [0.25, 0.3) is 8.32 Å². The molecule has 3 heteroatoms.